The van der Waals surface area contributed by atoms with Gasteiger partial charge in [-0.25, -0.2) is 14.4 Å². The van der Waals surface area contributed by atoms with E-state index >= 15 is 0 Å². The predicted octanol–water partition coefficient (Wildman–Crippen LogP) is 2.37. The summed E-state index contributed by atoms with van der Waals surface area (Å²) in [5.41, 5.74) is 0.671. The molecule has 1 heterocycles. The van der Waals surface area contributed by atoms with Crippen LogP contribution in [-0.2, 0) is 18.9 Å². The maximum absolute atomic E-state index is 12.7. The standard InChI is InChI=1S/C27H24O9/c28-21-22(35-25(30)18-12-6-2-7-13-18)20(16-33-24(29)17-10-4-1-5-11-17)34-27(32)23(21)36-26(31)19-14-8-3-9-15-19/h1-15,20-23,27-28,32H,16H2/t20-,21+,22-,23-,27-/m1/s1. The molecule has 4 rings (SSSR count). The zero-order valence-corrected chi connectivity index (χ0v) is 19.0. The van der Waals surface area contributed by atoms with Crippen molar-refractivity contribution < 1.29 is 43.5 Å². The van der Waals surface area contributed by atoms with Crippen LogP contribution in [0.2, 0.25) is 0 Å². The molecule has 186 valence electrons. The minimum Gasteiger partial charge on any atom is -0.459 e. The lowest BCUT2D eigenvalue weighted by atomic mass is 9.98. The van der Waals surface area contributed by atoms with Crippen molar-refractivity contribution in [3.05, 3.63) is 108 Å². The Balaban J connectivity index is 1.52. The molecule has 1 aliphatic rings. The third-order valence-electron chi connectivity index (χ3n) is 5.53. The summed E-state index contributed by atoms with van der Waals surface area (Å²) in [5.74, 6) is -2.27. The van der Waals surface area contributed by atoms with Crippen LogP contribution in [0.25, 0.3) is 0 Å². The maximum Gasteiger partial charge on any atom is 0.338 e. The summed E-state index contributed by atoms with van der Waals surface area (Å²) in [7, 11) is 0. The first kappa shape index (κ1) is 25.1. The zero-order valence-electron chi connectivity index (χ0n) is 19.0. The van der Waals surface area contributed by atoms with Gasteiger partial charge in [0.1, 0.15) is 18.8 Å². The summed E-state index contributed by atoms with van der Waals surface area (Å²) in [5, 5.41) is 21.5. The first-order valence-electron chi connectivity index (χ1n) is 11.2. The fraction of sp³-hybridized carbons (Fsp3) is 0.222. The lowest BCUT2D eigenvalue weighted by Gasteiger charge is -2.41. The quantitative estimate of drug-likeness (QED) is 0.377. The third-order valence-corrected chi connectivity index (χ3v) is 5.53. The average molecular weight is 492 g/mol. The number of carbonyl (C=O) groups is 3. The number of esters is 3. The monoisotopic (exact) mass is 492 g/mol. The lowest BCUT2D eigenvalue weighted by molar-refractivity contribution is -0.284. The summed E-state index contributed by atoms with van der Waals surface area (Å²) in [6.07, 6.45) is -7.72. The molecule has 1 aliphatic heterocycles. The molecule has 3 aromatic carbocycles. The Morgan fingerprint density at radius 1 is 0.639 bits per heavy atom. The Hall–Kier alpha value is -4.05. The van der Waals surface area contributed by atoms with E-state index in [1.807, 2.05) is 0 Å². The van der Waals surface area contributed by atoms with E-state index in [-0.39, 0.29) is 16.7 Å². The van der Waals surface area contributed by atoms with Crippen LogP contribution in [-0.4, -0.2) is 65.4 Å². The highest BCUT2D eigenvalue weighted by molar-refractivity contribution is 5.90. The molecule has 1 fully saturated rings. The first-order valence-corrected chi connectivity index (χ1v) is 11.2. The summed E-state index contributed by atoms with van der Waals surface area (Å²) in [4.78, 5) is 37.6. The van der Waals surface area contributed by atoms with Crippen molar-refractivity contribution in [2.75, 3.05) is 6.61 Å². The van der Waals surface area contributed by atoms with Crippen molar-refractivity contribution in [2.45, 2.75) is 30.7 Å². The van der Waals surface area contributed by atoms with Gasteiger partial charge in [0.2, 0.25) is 0 Å². The van der Waals surface area contributed by atoms with Gasteiger partial charge in [-0.1, -0.05) is 54.6 Å². The van der Waals surface area contributed by atoms with Crippen LogP contribution in [0.4, 0.5) is 0 Å². The van der Waals surface area contributed by atoms with E-state index in [2.05, 4.69) is 0 Å². The topological polar surface area (TPSA) is 129 Å². The molecule has 0 aliphatic carbocycles. The van der Waals surface area contributed by atoms with Crippen LogP contribution in [0.15, 0.2) is 91.0 Å². The van der Waals surface area contributed by atoms with Crippen LogP contribution in [0.1, 0.15) is 31.1 Å². The second kappa shape index (κ2) is 11.6. The number of aliphatic hydroxyl groups excluding tert-OH is 2. The Morgan fingerprint density at radius 3 is 1.53 bits per heavy atom. The number of ether oxygens (including phenoxy) is 4. The summed E-state index contributed by atoms with van der Waals surface area (Å²) < 4.78 is 21.6. The molecule has 5 atom stereocenters. The number of benzene rings is 3. The van der Waals surface area contributed by atoms with Crippen LogP contribution in [0, 0.1) is 0 Å². The first-order chi connectivity index (χ1) is 17.4. The van der Waals surface area contributed by atoms with Crippen molar-refractivity contribution in [3.63, 3.8) is 0 Å². The van der Waals surface area contributed by atoms with E-state index in [1.54, 1.807) is 66.7 Å². The number of hydrogen-bond donors (Lipinski definition) is 2. The molecule has 0 aromatic heterocycles. The molecule has 0 spiro atoms. The van der Waals surface area contributed by atoms with Gasteiger partial charge in [-0.2, -0.15) is 0 Å². The predicted molar refractivity (Wildman–Crippen MR) is 125 cm³/mol. The van der Waals surface area contributed by atoms with Gasteiger partial charge in [0.25, 0.3) is 0 Å². The molecule has 0 unspecified atom stereocenters. The average Bonchev–Trinajstić information content (AvgIpc) is 2.92. The highest BCUT2D eigenvalue weighted by Gasteiger charge is 2.49. The number of carbonyl (C=O) groups excluding carboxylic acids is 3. The second-order valence-electron chi connectivity index (χ2n) is 7.99. The van der Waals surface area contributed by atoms with Crippen molar-refractivity contribution in [1.29, 1.82) is 0 Å². The molecule has 3 aromatic rings. The molecular formula is C27H24O9. The molecule has 9 nitrogen and oxygen atoms in total. The van der Waals surface area contributed by atoms with E-state index in [4.69, 9.17) is 18.9 Å². The van der Waals surface area contributed by atoms with Gasteiger partial charge in [-0.3, -0.25) is 0 Å². The molecular weight excluding hydrogens is 468 g/mol. The molecule has 0 radical (unpaired) electrons. The minimum absolute atomic E-state index is 0.189. The summed E-state index contributed by atoms with van der Waals surface area (Å²) >= 11 is 0. The van der Waals surface area contributed by atoms with E-state index in [0.717, 1.165) is 0 Å². The summed E-state index contributed by atoms with van der Waals surface area (Å²) in [6, 6.07) is 24.2. The normalized spacial score (nSPS) is 23.3. The van der Waals surface area contributed by atoms with Gasteiger partial charge in [0, 0.05) is 0 Å². The SMILES string of the molecule is O=C(OC[C@H]1O[C@@H](O)[C@H](OC(=O)c2ccccc2)[C@@H](O)[C@@H]1OC(=O)c1ccccc1)c1ccccc1. The second-order valence-corrected chi connectivity index (χ2v) is 7.99. The van der Waals surface area contributed by atoms with Crippen LogP contribution >= 0.6 is 0 Å². The molecule has 36 heavy (non-hydrogen) atoms. The fourth-order valence-corrected chi connectivity index (χ4v) is 3.66. The largest absolute Gasteiger partial charge is 0.459 e. The highest BCUT2D eigenvalue weighted by Crippen LogP contribution is 2.27. The minimum atomic E-state index is -1.78. The molecule has 0 bridgehead atoms. The Bertz CT molecular complexity index is 1170. The maximum atomic E-state index is 12.7. The lowest BCUT2D eigenvalue weighted by Crippen LogP contribution is -2.61. The number of hydrogen-bond acceptors (Lipinski definition) is 9. The molecule has 2 N–H and O–H groups in total. The zero-order chi connectivity index (χ0) is 25.5. The Morgan fingerprint density at radius 2 is 1.06 bits per heavy atom. The molecule has 0 saturated carbocycles. The fourth-order valence-electron chi connectivity index (χ4n) is 3.66. The van der Waals surface area contributed by atoms with Gasteiger partial charge < -0.3 is 29.2 Å². The highest BCUT2D eigenvalue weighted by atomic mass is 16.7. The van der Waals surface area contributed by atoms with Gasteiger partial charge in [0.05, 0.1) is 16.7 Å². The Kier molecular flexibility index (Phi) is 8.06. The van der Waals surface area contributed by atoms with Crippen LogP contribution < -0.4 is 0 Å². The number of rotatable bonds is 7. The van der Waals surface area contributed by atoms with Gasteiger partial charge in [-0.15, -0.1) is 0 Å². The Labute approximate surface area is 206 Å². The smallest absolute Gasteiger partial charge is 0.338 e. The van der Waals surface area contributed by atoms with Gasteiger partial charge in [0.15, 0.2) is 18.5 Å². The van der Waals surface area contributed by atoms with Crippen LogP contribution in [0.3, 0.4) is 0 Å². The van der Waals surface area contributed by atoms with Crippen LogP contribution in [0.5, 0.6) is 0 Å². The summed E-state index contributed by atoms with van der Waals surface area (Å²) in [6.45, 7) is -0.450. The molecule has 0 amide bonds. The third kappa shape index (κ3) is 5.95. The molecule has 9 heteroatoms. The number of aliphatic hydroxyl groups is 2. The van der Waals surface area contributed by atoms with Crippen molar-refractivity contribution in [2.24, 2.45) is 0 Å². The molecule has 1 saturated heterocycles. The van der Waals surface area contributed by atoms with Gasteiger partial charge >= 0.3 is 17.9 Å². The van der Waals surface area contributed by atoms with E-state index in [1.165, 1.54) is 24.3 Å². The van der Waals surface area contributed by atoms with Crippen molar-refractivity contribution in [1.82, 2.24) is 0 Å². The van der Waals surface area contributed by atoms with E-state index in [0.29, 0.717) is 0 Å². The van der Waals surface area contributed by atoms with Crippen molar-refractivity contribution in [3.8, 4) is 0 Å². The van der Waals surface area contributed by atoms with Gasteiger partial charge in [-0.05, 0) is 36.4 Å². The van der Waals surface area contributed by atoms with E-state index < -0.39 is 55.2 Å². The van der Waals surface area contributed by atoms with Crippen molar-refractivity contribution >= 4 is 17.9 Å². The van der Waals surface area contributed by atoms with E-state index in [9.17, 15) is 24.6 Å².